The van der Waals surface area contributed by atoms with E-state index in [-0.39, 0.29) is 25.9 Å². The number of carbonyl (C=O) groups is 2. The second kappa shape index (κ2) is 16.5. The predicted octanol–water partition coefficient (Wildman–Crippen LogP) is 11.0. The maximum atomic E-state index is 13.4. The molecule has 8 rings (SSSR count). The van der Waals surface area contributed by atoms with Gasteiger partial charge in [-0.2, -0.15) is 0 Å². The third-order valence-corrected chi connectivity index (χ3v) is 12.6. The minimum Gasteiger partial charge on any atom is -0.444 e. The van der Waals surface area contributed by atoms with E-state index in [0.717, 1.165) is 40.2 Å². The number of hydrogen-bond acceptors (Lipinski definition) is 7. The van der Waals surface area contributed by atoms with E-state index in [4.69, 9.17) is 23.5 Å². The number of amides is 2. The molecule has 1 atom stereocenters. The third kappa shape index (κ3) is 8.49. The van der Waals surface area contributed by atoms with Gasteiger partial charge in [0.05, 0.1) is 35.3 Å². The van der Waals surface area contributed by atoms with Crippen LogP contribution in [-0.4, -0.2) is 36.6 Å². The summed E-state index contributed by atoms with van der Waals surface area (Å²) >= 11 is 0. The number of anilines is 2. The fraction of sp³-hybridized carbons (Fsp3) is 0.388. The van der Waals surface area contributed by atoms with Crippen molar-refractivity contribution in [3.05, 3.63) is 124 Å². The van der Waals surface area contributed by atoms with E-state index in [2.05, 4.69) is 47.9 Å². The molecule has 306 valence electrons. The molecule has 9 nitrogen and oxygen atoms in total. The number of benzene rings is 5. The molecule has 1 aliphatic heterocycles. The van der Waals surface area contributed by atoms with E-state index in [1.54, 1.807) is 0 Å². The average molecular weight is 795 g/mol. The van der Waals surface area contributed by atoms with Crippen molar-refractivity contribution in [2.45, 2.75) is 124 Å². The van der Waals surface area contributed by atoms with Crippen LogP contribution in [0.15, 0.2) is 84.9 Å². The van der Waals surface area contributed by atoms with Crippen LogP contribution in [0.3, 0.4) is 0 Å². The van der Waals surface area contributed by atoms with Gasteiger partial charge < -0.3 is 23.5 Å². The van der Waals surface area contributed by atoms with E-state index < -0.39 is 30.5 Å². The van der Waals surface area contributed by atoms with E-state index in [0.29, 0.717) is 22.9 Å². The van der Waals surface area contributed by atoms with Crippen molar-refractivity contribution in [1.29, 1.82) is 0 Å². The van der Waals surface area contributed by atoms with E-state index in [9.17, 15) is 9.59 Å². The highest BCUT2D eigenvalue weighted by molar-refractivity contribution is 6.62. The van der Waals surface area contributed by atoms with Crippen LogP contribution in [0.1, 0.15) is 113 Å². The molecule has 3 aliphatic rings. The van der Waals surface area contributed by atoms with Crippen molar-refractivity contribution in [2.24, 2.45) is 0 Å². The maximum Gasteiger partial charge on any atom is 0.494 e. The summed E-state index contributed by atoms with van der Waals surface area (Å²) in [5.41, 5.74) is 11.7. The lowest BCUT2D eigenvalue weighted by atomic mass is 9.79. The summed E-state index contributed by atoms with van der Waals surface area (Å²) in [6.07, 6.45) is 4.47. The highest BCUT2D eigenvalue weighted by Crippen LogP contribution is 2.45. The molecular formula is C49H55BN2O7. The maximum absolute atomic E-state index is 13.4. The molecule has 5 aromatic rings. The summed E-state index contributed by atoms with van der Waals surface area (Å²) in [4.78, 5) is 26.7. The van der Waals surface area contributed by atoms with Crippen molar-refractivity contribution < 1.29 is 33.1 Å². The van der Waals surface area contributed by atoms with Gasteiger partial charge in [0.25, 0.3) is 0 Å². The Morgan fingerprint density at radius 2 is 1.44 bits per heavy atom. The van der Waals surface area contributed by atoms with Crippen molar-refractivity contribution in [1.82, 2.24) is 0 Å². The topological polar surface area (TPSA) is 104 Å². The van der Waals surface area contributed by atoms with Gasteiger partial charge in [0.15, 0.2) is 0 Å². The molecule has 5 aromatic carbocycles. The first-order valence-corrected chi connectivity index (χ1v) is 21.0. The highest BCUT2D eigenvalue weighted by atomic mass is 16.7. The fourth-order valence-corrected chi connectivity index (χ4v) is 8.54. The van der Waals surface area contributed by atoms with Gasteiger partial charge in [-0.05, 0) is 148 Å². The van der Waals surface area contributed by atoms with Crippen molar-refractivity contribution in [2.75, 3.05) is 10.6 Å². The largest absolute Gasteiger partial charge is 0.494 e. The fourth-order valence-electron chi connectivity index (χ4n) is 8.54. The Morgan fingerprint density at radius 1 is 0.780 bits per heavy atom. The summed E-state index contributed by atoms with van der Waals surface area (Å²) in [6.45, 7) is 14.5. The Bertz CT molecular complexity index is 2370. The van der Waals surface area contributed by atoms with Gasteiger partial charge in [-0.15, -0.1) is 0 Å². The van der Waals surface area contributed by atoms with Crippen molar-refractivity contribution >= 4 is 46.9 Å². The first-order valence-electron chi connectivity index (χ1n) is 21.0. The normalized spacial score (nSPS) is 17.4. The van der Waals surface area contributed by atoms with Gasteiger partial charge in [0, 0.05) is 16.5 Å². The molecule has 0 spiro atoms. The number of fused-ring (bicyclic) bond motifs is 5. The first kappa shape index (κ1) is 40.6. The van der Waals surface area contributed by atoms with Gasteiger partial charge in [-0.3, -0.25) is 10.6 Å². The molecule has 2 amide bonds. The van der Waals surface area contributed by atoms with E-state index in [1.807, 2.05) is 96.1 Å². The number of carbonyl (C=O) groups excluding carboxylic acids is 2. The van der Waals surface area contributed by atoms with Gasteiger partial charge in [0.1, 0.15) is 13.2 Å². The summed E-state index contributed by atoms with van der Waals surface area (Å²) in [5, 5.41) is 7.93. The Balaban J connectivity index is 0.933. The number of para-hydroxylation sites is 1. The summed E-state index contributed by atoms with van der Waals surface area (Å²) in [7, 11) is -0.476. The van der Waals surface area contributed by atoms with Crippen molar-refractivity contribution in [3.8, 4) is 11.1 Å². The monoisotopic (exact) mass is 794 g/mol. The van der Waals surface area contributed by atoms with Crippen LogP contribution in [-0.2, 0) is 56.2 Å². The summed E-state index contributed by atoms with van der Waals surface area (Å²) < 4.78 is 29.7. The zero-order valence-corrected chi connectivity index (χ0v) is 35.3. The predicted molar refractivity (Wildman–Crippen MR) is 234 cm³/mol. The van der Waals surface area contributed by atoms with Crippen LogP contribution in [0.25, 0.3) is 21.9 Å². The number of ether oxygens (including phenoxy) is 3. The lowest BCUT2D eigenvalue weighted by molar-refractivity contribution is 0.00578. The molecule has 0 aromatic heterocycles. The zero-order chi connectivity index (χ0) is 41.5. The van der Waals surface area contributed by atoms with Crippen LogP contribution in [0.5, 0.6) is 0 Å². The number of hydrogen-bond donors (Lipinski definition) is 2. The number of aryl methyl sites for hydroxylation is 1. The van der Waals surface area contributed by atoms with Crippen molar-refractivity contribution in [3.63, 3.8) is 0 Å². The molecule has 1 saturated heterocycles. The van der Waals surface area contributed by atoms with Crippen LogP contribution >= 0.6 is 0 Å². The Kier molecular flexibility index (Phi) is 11.3. The minimum absolute atomic E-state index is 0.0320. The van der Waals surface area contributed by atoms with E-state index >= 15 is 0 Å². The molecule has 0 radical (unpaired) electrons. The molecule has 1 unspecified atom stereocenters. The number of nitrogens with one attached hydrogen (secondary N) is 2. The Hall–Kier alpha value is -5.16. The van der Waals surface area contributed by atoms with Gasteiger partial charge >= 0.3 is 19.3 Å². The van der Waals surface area contributed by atoms with Gasteiger partial charge in [-0.1, -0.05) is 73.7 Å². The molecule has 2 N–H and O–H groups in total. The Labute approximate surface area is 348 Å². The molecule has 0 bridgehead atoms. The second-order valence-corrected chi connectivity index (χ2v) is 17.5. The van der Waals surface area contributed by atoms with Crippen LogP contribution in [0.2, 0.25) is 0 Å². The highest BCUT2D eigenvalue weighted by Gasteiger charge is 2.51. The van der Waals surface area contributed by atoms with Crippen LogP contribution in [0, 0.1) is 0 Å². The molecule has 1 heterocycles. The molecule has 2 aliphatic carbocycles. The summed E-state index contributed by atoms with van der Waals surface area (Å²) in [5.74, 6) is 0.635. The third-order valence-electron chi connectivity index (χ3n) is 12.6. The molecular weight excluding hydrogens is 739 g/mol. The van der Waals surface area contributed by atoms with Crippen LogP contribution < -0.4 is 16.1 Å². The lowest BCUT2D eigenvalue weighted by Gasteiger charge is -2.32. The van der Waals surface area contributed by atoms with Gasteiger partial charge in [-0.25, -0.2) is 9.59 Å². The molecule has 1 fully saturated rings. The standard InChI is InChI=1S/C49H55BN2O7/c1-8-32-12-9-13-33-22-37-23-38-25-43-34(24-41(38)42(37)26-40(32)33)14-11-17-44(43)51-46(53)57-29-36-16-10-15-35(28-55-30(2)3)45(36)52-47(54)56-27-31-18-20-39(21-19-31)50-58-48(4,5)49(6,7)59-50/h10-11,14-22,24-26,30,32H,8-9,12-13,23,27-29H2,1-7H3,(H,51,53)(H,52,54). The zero-order valence-electron chi connectivity index (χ0n) is 35.3. The average Bonchev–Trinajstić information content (AvgIpc) is 3.67. The first-order chi connectivity index (χ1) is 28.3. The van der Waals surface area contributed by atoms with E-state index in [1.165, 1.54) is 52.6 Å². The quantitative estimate of drug-likeness (QED) is 0.126. The Morgan fingerprint density at radius 3 is 2.17 bits per heavy atom. The second-order valence-electron chi connectivity index (χ2n) is 17.5. The van der Waals surface area contributed by atoms with Crippen LogP contribution in [0.4, 0.5) is 21.0 Å². The smallest absolute Gasteiger partial charge is 0.444 e. The summed E-state index contributed by atoms with van der Waals surface area (Å²) in [6, 6.07) is 28.5. The SMILES string of the molecule is CCC1CCCc2cc3c(cc21)-c1cc2cccc(NC(=O)OCc4cccc(COC(C)C)c4NC(=O)OCc4ccc(B5OC(C)(C)C(C)(C)O5)cc4)c2cc1C3. The lowest BCUT2D eigenvalue weighted by Crippen LogP contribution is -2.41. The van der Waals surface area contributed by atoms with Gasteiger partial charge in [0.2, 0.25) is 0 Å². The molecule has 59 heavy (non-hydrogen) atoms. The molecule has 0 saturated carbocycles. The minimum atomic E-state index is -0.640. The number of rotatable bonds is 11. The molecule has 10 heteroatoms.